The van der Waals surface area contributed by atoms with Crippen LogP contribution in [0.2, 0.25) is 0 Å². The highest BCUT2D eigenvalue weighted by Gasteiger charge is 2.31. The molecule has 1 aliphatic rings. The summed E-state index contributed by atoms with van der Waals surface area (Å²) in [7, 11) is -1.31. The average Bonchev–Trinajstić information content (AvgIpc) is 3.11. The maximum Gasteiger partial charge on any atom is 0.410 e. The normalized spacial score (nSPS) is 19.6. The van der Waals surface area contributed by atoms with Crippen molar-refractivity contribution in [2.75, 3.05) is 18.8 Å². The first-order valence-electron chi connectivity index (χ1n) is 8.04. The Balaban J connectivity index is 1.59. The SMILES string of the molecule is CC(C)(C)OC(=O)N1CCC(CS(=O)c2nc3ccccc3o2)C1. The molecule has 3 rings (SSSR count). The van der Waals surface area contributed by atoms with E-state index >= 15 is 0 Å². The second-order valence-corrected chi connectivity index (χ2v) is 8.41. The second kappa shape index (κ2) is 6.55. The van der Waals surface area contributed by atoms with Crippen molar-refractivity contribution in [2.24, 2.45) is 5.92 Å². The van der Waals surface area contributed by atoms with Gasteiger partial charge in [0.15, 0.2) is 5.58 Å². The van der Waals surface area contributed by atoms with E-state index in [0.29, 0.717) is 29.9 Å². The van der Waals surface area contributed by atoms with Gasteiger partial charge in [0.2, 0.25) is 0 Å². The van der Waals surface area contributed by atoms with Gasteiger partial charge in [0.05, 0.1) is 0 Å². The number of hydrogen-bond donors (Lipinski definition) is 0. The molecule has 2 heterocycles. The zero-order chi connectivity index (χ0) is 17.3. The summed E-state index contributed by atoms with van der Waals surface area (Å²) < 4.78 is 23.4. The molecule has 0 spiro atoms. The lowest BCUT2D eigenvalue weighted by molar-refractivity contribution is 0.0289. The van der Waals surface area contributed by atoms with Crippen LogP contribution in [0, 0.1) is 5.92 Å². The van der Waals surface area contributed by atoms with E-state index in [1.165, 1.54) is 0 Å². The summed E-state index contributed by atoms with van der Waals surface area (Å²) in [6, 6.07) is 7.37. The van der Waals surface area contributed by atoms with Gasteiger partial charge < -0.3 is 14.1 Å². The van der Waals surface area contributed by atoms with Crippen molar-refractivity contribution in [1.29, 1.82) is 0 Å². The van der Waals surface area contributed by atoms with Crippen molar-refractivity contribution in [1.82, 2.24) is 9.88 Å². The largest absolute Gasteiger partial charge is 0.444 e. The van der Waals surface area contributed by atoms with Crippen LogP contribution in [0.15, 0.2) is 33.9 Å². The van der Waals surface area contributed by atoms with Gasteiger partial charge in [-0.25, -0.2) is 14.0 Å². The number of rotatable bonds is 3. The van der Waals surface area contributed by atoms with Crippen LogP contribution < -0.4 is 0 Å². The zero-order valence-electron chi connectivity index (χ0n) is 14.2. The Morgan fingerprint density at radius 3 is 2.88 bits per heavy atom. The first-order chi connectivity index (χ1) is 11.3. The van der Waals surface area contributed by atoms with Gasteiger partial charge in [-0.3, -0.25) is 0 Å². The number of fused-ring (bicyclic) bond motifs is 1. The van der Waals surface area contributed by atoms with Crippen molar-refractivity contribution in [2.45, 2.75) is 38.0 Å². The number of likely N-dealkylation sites (tertiary alicyclic amines) is 1. The molecule has 1 aromatic carbocycles. The second-order valence-electron chi connectivity index (χ2n) is 7.04. The van der Waals surface area contributed by atoms with Crippen molar-refractivity contribution < 1.29 is 18.2 Å². The number of oxazole rings is 1. The molecule has 1 aliphatic heterocycles. The third-order valence-electron chi connectivity index (χ3n) is 3.79. The minimum Gasteiger partial charge on any atom is -0.444 e. The highest BCUT2D eigenvalue weighted by Crippen LogP contribution is 2.23. The monoisotopic (exact) mass is 350 g/mol. The third-order valence-corrected chi connectivity index (χ3v) is 5.13. The van der Waals surface area contributed by atoms with E-state index in [1.807, 2.05) is 45.0 Å². The molecule has 0 aliphatic carbocycles. The molecule has 2 aromatic rings. The Morgan fingerprint density at radius 1 is 1.42 bits per heavy atom. The molecule has 2 unspecified atom stereocenters. The Morgan fingerprint density at radius 2 is 2.17 bits per heavy atom. The maximum atomic E-state index is 12.5. The van der Waals surface area contributed by atoms with Crippen LogP contribution >= 0.6 is 0 Å². The Bertz CT molecular complexity index is 732. The van der Waals surface area contributed by atoms with Gasteiger partial charge in [-0.15, -0.1) is 0 Å². The predicted octanol–water partition coefficient (Wildman–Crippen LogP) is 3.19. The zero-order valence-corrected chi connectivity index (χ0v) is 15.0. The number of aromatic nitrogens is 1. The van der Waals surface area contributed by atoms with Crippen LogP contribution in [0.5, 0.6) is 0 Å². The number of hydrogen-bond acceptors (Lipinski definition) is 5. The molecular formula is C17H22N2O4S. The number of nitrogens with zero attached hydrogens (tertiary/aromatic N) is 2. The molecule has 2 atom stereocenters. The molecule has 7 heteroatoms. The first-order valence-corrected chi connectivity index (χ1v) is 9.35. The summed E-state index contributed by atoms with van der Waals surface area (Å²) in [5.74, 6) is 0.597. The van der Waals surface area contributed by atoms with Gasteiger partial charge in [0, 0.05) is 18.8 Å². The highest BCUT2D eigenvalue weighted by atomic mass is 32.2. The number of benzene rings is 1. The van der Waals surface area contributed by atoms with E-state index in [0.717, 1.165) is 6.42 Å². The summed E-state index contributed by atoms with van der Waals surface area (Å²) in [6.45, 7) is 6.73. The number of carbonyl (C=O) groups is 1. The van der Waals surface area contributed by atoms with Crippen LogP contribution in [0.3, 0.4) is 0 Å². The van der Waals surface area contributed by atoms with E-state index in [2.05, 4.69) is 4.98 Å². The van der Waals surface area contributed by atoms with Crippen molar-refractivity contribution >= 4 is 28.0 Å². The first kappa shape index (κ1) is 17.0. The number of carbonyl (C=O) groups excluding carboxylic acids is 1. The molecule has 6 nitrogen and oxygen atoms in total. The molecule has 0 bridgehead atoms. The average molecular weight is 350 g/mol. The maximum absolute atomic E-state index is 12.5. The Labute approximate surface area is 143 Å². The summed E-state index contributed by atoms with van der Waals surface area (Å²) >= 11 is 0. The minimum atomic E-state index is -1.31. The molecule has 1 aromatic heterocycles. The van der Waals surface area contributed by atoms with Crippen LogP contribution in [0.4, 0.5) is 4.79 Å². The molecule has 1 amide bonds. The summed E-state index contributed by atoms with van der Waals surface area (Å²) in [4.78, 5) is 18.0. The minimum absolute atomic E-state index is 0.161. The highest BCUT2D eigenvalue weighted by molar-refractivity contribution is 7.84. The number of para-hydroxylation sites is 2. The third kappa shape index (κ3) is 3.95. The molecule has 1 fully saturated rings. The lowest BCUT2D eigenvalue weighted by atomic mass is 10.2. The molecule has 130 valence electrons. The lowest BCUT2D eigenvalue weighted by Crippen LogP contribution is -2.35. The van der Waals surface area contributed by atoms with Gasteiger partial charge >= 0.3 is 6.09 Å². The van der Waals surface area contributed by atoms with E-state index in [-0.39, 0.29) is 17.2 Å². The molecule has 1 saturated heterocycles. The van der Waals surface area contributed by atoms with Gasteiger partial charge in [-0.1, -0.05) is 12.1 Å². The van der Waals surface area contributed by atoms with E-state index in [1.54, 1.807) is 4.90 Å². The Hall–Kier alpha value is -1.89. The molecule has 0 radical (unpaired) electrons. The summed E-state index contributed by atoms with van der Waals surface area (Å²) in [6.07, 6.45) is 0.503. The van der Waals surface area contributed by atoms with Crippen LogP contribution in [-0.4, -0.2) is 44.6 Å². The molecule has 0 N–H and O–H groups in total. The van der Waals surface area contributed by atoms with Gasteiger partial charge in [-0.2, -0.15) is 0 Å². The molecule has 24 heavy (non-hydrogen) atoms. The summed E-state index contributed by atoms with van der Waals surface area (Å²) in [5.41, 5.74) is 0.848. The van der Waals surface area contributed by atoms with Crippen LogP contribution in [0.25, 0.3) is 11.1 Å². The number of ether oxygens (including phenoxy) is 1. The van der Waals surface area contributed by atoms with Gasteiger partial charge in [0.1, 0.15) is 21.9 Å². The lowest BCUT2D eigenvalue weighted by Gasteiger charge is -2.24. The van der Waals surface area contributed by atoms with Crippen molar-refractivity contribution in [3.05, 3.63) is 24.3 Å². The van der Waals surface area contributed by atoms with Gasteiger partial charge in [-0.05, 0) is 45.2 Å². The standard InChI is InChI=1S/C17H22N2O4S/c1-17(2,3)23-16(20)19-9-8-12(10-19)11-24(21)15-18-13-6-4-5-7-14(13)22-15/h4-7,12H,8-11H2,1-3H3. The fourth-order valence-corrected chi connectivity index (χ4v) is 3.92. The van der Waals surface area contributed by atoms with Crippen molar-refractivity contribution in [3.63, 3.8) is 0 Å². The Kier molecular flexibility index (Phi) is 4.62. The van der Waals surface area contributed by atoms with E-state index in [4.69, 9.17) is 9.15 Å². The van der Waals surface area contributed by atoms with E-state index in [9.17, 15) is 9.00 Å². The van der Waals surface area contributed by atoms with E-state index < -0.39 is 16.4 Å². The van der Waals surface area contributed by atoms with Crippen LogP contribution in [-0.2, 0) is 15.5 Å². The smallest absolute Gasteiger partial charge is 0.410 e. The van der Waals surface area contributed by atoms with Crippen LogP contribution in [0.1, 0.15) is 27.2 Å². The fourth-order valence-electron chi connectivity index (χ4n) is 2.69. The van der Waals surface area contributed by atoms with Crippen molar-refractivity contribution in [3.8, 4) is 0 Å². The fraction of sp³-hybridized carbons (Fsp3) is 0.529. The van der Waals surface area contributed by atoms with Gasteiger partial charge in [0.25, 0.3) is 5.22 Å². The predicted molar refractivity (Wildman–Crippen MR) is 91.2 cm³/mol. The molecular weight excluding hydrogens is 328 g/mol. The summed E-state index contributed by atoms with van der Waals surface area (Å²) in [5, 5.41) is 0.256. The molecule has 0 saturated carbocycles. The number of amides is 1. The quantitative estimate of drug-likeness (QED) is 0.850. The topological polar surface area (TPSA) is 72.6 Å².